The number of nitrogens with one attached hydrogen (secondary N) is 2. The van der Waals surface area contributed by atoms with Crippen LogP contribution in [0.1, 0.15) is 11.3 Å². The lowest BCUT2D eigenvalue weighted by Crippen LogP contribution is -2.29. The van der Waals surface area contributed by atoms with Gasteiger partial charge in [-0.25, -0.2) is 4.68 Å². The number of halogens is 1. The summed E-state index contributed by atoms with van der Waals surface area (Å²) in [5.41, 5.74) is 2.61. The molecular weight excluding hydrogens is 336 g/mol. The third-order valence-corrected chi connectivity index (χ3v) is 3.91. The van der Waals surface area contributed by atoms with Crippen LogP contribution in [0.25, 0.3) is 0 Å². The molecule has 0 fully saturated rings. The van der Waals surface area contributed by atoms with Gasteiger partial charge in [-0.05, 0) is 36.9 Å². The van der Waals surface area contributed by atoms with Crippen molar-refractivity contribution in [1.82, 2.24) is 24.9 Å². The third kappa shape index (κ3) is 3.92. The van der Waals surface area contributed by atoms with Crippen molar-refractivity contribution in [3.63, 3.8) is 0 Å². The predicted molar refractivity (Wildman–Crippen MR) is 85.4 cm³/mol. The third-order valence-electron chi connectivity index (χ3n) is 3.15. The van der Waals surface area contributed by atoms with Gasteiger partial charge in [0, 0.05) is 24.3 Å². The van der Waals surface area contributed by atoms with E-state index in [1.54, 1.807) is 12.4 Å². The quantitative estimate of drug-likeness (QED) is 0.815. The summed E-state index contributed by atoms with van der Waals surface area (Å²) in [6, 6.07) is 0. The van der Waals surface area contributed by atoms with Gasteiger partial charge >= 0.3 is 0 Å². The van der Waals surface area contributed by atoms with E-state index >= 15 is 0 Å². The topological polar surface area (TPSA) is 78.8 Å². The zero-order valence-corrected chi connectivity index (χ0v) is 13.9. The molecule has 114 valence electrons. The highest BCUT2D eigenvalue weighted by atomic mass is 79.9. The molecule has 21 heavy (non-hydrogen) atoms. The summed E-state index contributed by atoms with van der Waals surface area (Å²) in [5, 5.41) is 14.2. The Morgan fingerprint density at radius 3 is 2.81 bits per heavy atom. The van der Waals surface area contributed by atoms with Crippen LogP contribution in [0.15, 0.2) is 21.7 Å². The van der Waals surface area contributed by atoms with E-state index in [1.807, 2.05) is 25.9 Å². The van der Waals surface area contributed by atoms with Gasteiger partial charge in [-0.15, -0.1) is 0 Å². The SMILES string of the molecule is Cc1[nH]ncc1CNc1cnn(CCN(C)C)c(=O)c1Br. The molecule has 0 aliphatic rings. The predicted octanol–water partition coefficient (Wildman–Crippen LogP) is 1.21. The fourth-order valence-corrected chi connectivity index (χ4v) is 2.23. The Balaban J connectivity index is 2.09. The maximum absolute atomic E-state index is 12.2. The first kappa shape index (κ1) is 15.7. The number of anilines is 1. The molecule has 8 heteroatoms. The minimum Gasteiger partial charge on any atom is -0.378 e. The molecule has 0 unspecified atom stereocenters. The summed E-state index contributed by atoms with van der Waals surface area (Å²) in [5.74, 6) is 0. The van der Waals surface area contributed by atoms with Crippen molar-refractivity contribution in [1.29, 1.82) is 0 Å². The molecule has 2 aromatic rings. The maximum atomic E-state index is 12.2. The minimum absolute atomic E-state index is 0.134. The van der Waals surface area contributed by atoms with Crippen molar-refractivity contribution >= 4 is 21.6 Å². The Morgan fingerprint density at radius 2 is 2.19 bits per heavy atom. The molecule has 2 heterocycles. The molecule has 0 saturated carbocycles. The summed E-state index contributed by atoms with van der Waals surface area (Å²) in [7, 11) is 3.92. The molecule has 0 saturated heterocycles. The van der Waals surface area contributed by atoms with Crippen molar-refractivity contribution in [2.75, 3.05) is 26.0 Å². The van der Waals surface area contributed by atoms with E-state index in [9.17, 15) is 4.79 Å². The zero-order chi connectivity index (χ0) is 15.4. The number of H-pyrrole nitrogens is 1. The van der Waals surface area contributed by atoms with Crippen LogP contribution in [0, 0.1) is 6.92 Å². The highest BCUT2D eigenvalue weighted by Gasteiger charge is 2.09. The molecule has 2 rings (SSSR count). The molecule has 7 nitrogen and oxygen atoms in total. The van der Waals surface area contributed by atoms with Crippen molar-refractivity contribution in [2.45, 2.75) is 20.0 Å². The average molecular weight is 355 g/mol. The highest BCUT2D eigenvalue weighted by Crippen LogP contribution is 2.17. The number of rotatable bonds is 6. The lowest BCUT2D eigenvalue weighted by Gasteiger charge is -2.12. The number of nitrogens with zero attached hydrogens (tertiary/aromatic N) is 4. The lowest BCUT2D eigenvalue weighted by molar-refractivity contribution is 0.367. The number of aromatic nitrogens is 4. The number of hydrogen-bond donors (Lipinski definition) is 2. The van der Waals surface area contributed by atoms with Crippen LogP contribution in [0.4, 0.5) is 5.69 Å². The van der Waals surface area contributed by atoms with E-state index in [2.05, 4.69) is 36.5 Å². The number of aryl methyl sites for hydroxylation is 1. The van der Waals surface area contributed by atoms with E-state index in [4.69, 9.17) is 0 Å². The molecule has 0 atom stereocenters. The lowest BCUT2D eigenvalue weighted by atomic mass is 10.2. The summed E-state index contributed by atoms with van der Waals surface area (Å²) >= 11 is 3.35. The normalized spacial score (nSPS) is 11.1. The second-order valence-corrected chi connectivity index (χ2v) is 5.87. The number of likely N-dealkylation sites (N-methyl/N-ethyl adjacent to an activating group) is 1. The minimum atomic E-state index is -0.134. The first-order valence-electron chi connectivity index (χ1n) is 6.62. The zero-order valence-electron chi connectivity index (χ0n) is 12.4. The monoisotopic (exact) mass is 354 g/mol. The second kappa shape index (κ2) is 6.86. The largest absolute Gasteiger partial charge is 0.378 e. The van der Waals surface area contributed by atoms with Crippen LogP contribution in [-0.4, -0.2) is 45.5 Å². The Kier molecular flexibility index (Phi) is 5.13. The molecule has 0 aliphatic carbocycles. The van der Waals surface area contributed by atoms with Gasteiger partial charge in [0.1, 0.15) is 4.47 Å². The standard InChI is InChI=1S/C13H19BrN6O/c1-9-10(7-16-18-9)6-15-11-8-17-20(5-4-19(2)3)13(21)12(11)14/h7-8,15H,4-6H2,1-3H3,(H,16,18). The van der Waals surface area contributed by atoms with Gasteiger partial charge in [0.15, 0.2) is 0 Å². The molecule has 0 aromatic carbocycles. The first-order chi connectivity index (χ1) is 9.99. The van der Waals surface area contributed by atoms with Gasteiger partial charge < -0.3 is 10.2 Å². The summed E-state index contributed by atoms with van der Waals surface area (Å²) < 4.78 is 1.95. The van der Waals surface area contributed by atoms with E-state index in [0.717, 1.165) is 17.8 Å². The summed E-state index contributed by atoms with van der Waals surface area (Å²) in [4.78, 5) is 14.2. The maximum Gasteiger partial charge on any atom is 0.283 e. The number of aromatic amines is 1. The van der Waals surface area contributed by atoms with Crippen molar-refractivity contribution < 1.29 is 0 Å². The van der Waals surface area contributed by atoms with E-state index in [-0.39, 0.29) is 5.56 Å². The van der Waals surface area contributed by atoms with Gasteiger partial charge in [0.25, 0.3) is 5.56 Å². The molecule has 2 N–H and O–H groups in total. The molecule has 0 bridgehead atoms. The van der Waals surface area contributed by atoms with Crippen molar-refractivity contribution in [3.8, 4) is 0 Å². The average Bonchev–Trinajstić information content (AvgIpc) is 2.85. The summed E-state index contributed by atoms with van der Waals surface area (Å²) in [6.07, 6.45) is 3.43. The van der Waals surface area contributed by atoms with Crippen molar-refractivity contribution in [2.24, 2.45) is 0 Å². The van der Waals surface area contributed by atoms with Crippen LogP contribution in [-0.2, 0) is 13.1 Å². The Labute approximate surface area is 131 Å². The molecular formula is C13H19BrN6O. The fraction of sp³-hybridized carbons (Fsp3) is 0.462. The Bertz CT molecular complexity index is 663. The van der Waals surface area contributed by atoms with Crippen LogP contribution in [0.3, 0.4) is 0 Å². The van der Waals surface area contributed by atoms with Crippen LogP contribution in [0.5, 0.6) is 0 Å². The van der Waals surface area contributed by atoms with Gasteiger partial charge in [0.2, 0.25) is 0 Å². The molecule has 0 spiro atoms. The van der Waals surface area contributed by atoms with Gasteiger partial charge in [0.05, 0.1) is 24.6 Å². The molecule has 2 aromatic heterocycles. The van der Waals surface area contributed by atoms with Gasteiger partial charge in [-0.3, -0.25) is 9.89 Å². The molecule has 0 radical (unpaired) electrons. The fourth-order valence-electron chi connectivity index (χ4n) is 1.79. The smallest absolute Gasteiger partial charge is 0.283 e. The van der Waals surface area contributed by atoms with E-state index in [0.29, 0.717) is 23.2 Å². The second-order valence-electron chi connectivity index (χ2n) is 5.08. The number of hydrogen-bond acceptors (Lipinski definition) is 5. The van der Waals surface area contributed by atoms with Crippen LogP contribution in [0.2, 0.25) is 0 Å². The van der Waals surface area contributed by atoms with Crippen LogP contribution < -0.4 is 10.9 Å². The van der Waals surface area contributed by atoms with E-state index in [1.165, 1.54) is 4.68 Å². The van der Waals surface area contributed by atoms with Crippen LogP contribution >= 0.6 is 15.9 Å². The Hall–Kier alpha value is -1.67. The highest BCUT2D eigenvalue weighted by molar-refractivity contribution is 9.10. The van der Waals surface area contributed by atoms with Crippen molar-refractivity contribution in [3.05, 3.63) is 38.5 Å². The van der Waals surface area contributed by atoms with E-state index < -0.39 is 0 Å². The molecule has 0 amide bonds. The first-order valence-corrected chi connectivity index (χ1v) is 7.41. The summed E-state index contributed by atoms with van der Waals surface area (Å²) in [6.45, 7) is 3.87. The molecule has 0 aliphatic heterocycles. The van der Waals surface area contributed by atoms with Gasteiger partial charge in [-0.1, -0.05) is 0 Å². The van der Waals surface area contributed by atoms with Gasteiger partial charge in [-0.2, -0.15) is 10.2 Å². The Morgan fingerprint density at radius 1 is 1.43 bits per heavy atom.